The van der Waals surface area contributed by atoms with Crippen LogP contribution in [0.1, 0.15) is 47.4 Å². The van der Waals surface area contributed by atoms with Gasteiger partial charge in [-0.3, -0.25) is 14.3 Å². The number of benzene rings is 1. The van der Waals surface area contributed by atoms with Gasteiger partial charge in [0.1, 0.15) is 11.6 Å². The second-order valence-corrected chi connectivity index (χ2v) is 8.51. The van der Waals surface area contributed by atoms with Crippen LogP contribution in [0.3, 0.4) is 0 Å². The van der Waals surface area contributed by atoms with Crippen molar-refractivity contribution in [1.29, 1.82) is 0 Å². The van der Waals surface area contributed by atoms with Gasteiger partial charge in [-0.15, -0.1) is 23.4 Å². The summed E-state index contributed by atoms with van der Waals surface area (Å²) in [7, 11) is 0. The molecule has 10 nitrogen and oxygen atoms in total. The normalized spacial score (nSPS) is 13.3. The lowest BCUT2D eigenvalue weighted by molar-refractivity contribution is -0.274. The number of halogens is 4. The summed E-state index contributed by atoms with van der Waals surface area (Å²) < 4.78 is 56.4. The molecule has 0 atom stereocenters. The van der Waals surface area contributed by atoms with Crippen LogP contribution >= 0.6 is 0 Å². The number of hydrogen-bond acceptors (Lipinski definition) is 7. The van der Waals surface area contributed by atoms with Crippen LogP contribution < -0.4 is 15.4 Å². The van der Waals surface area contributed by atoms with Gasteiger partial charge in [-0.1, -0.05) is 5.21 Å². The zero-order chi connectivity index (χ0) is 26.4. The number of aromatic nitrogens is 5. The average molecular weight is 521 g/mol. The molecule has 196 valence electrons. The van der Waals surface area contributed by atoms with E-state index in [4.69, 9.17) is 0 Å². The molecule has 1 aliphatic rings. The van der Waals surface area contributed by atoms with Gasteiger partial charge in [0.25, 0.3) is 5.91 Å². The van der Waals surface area contributed by atoms with Gasteiger partial charge in [0.15, 0.2) is 11.5 Å². The van der Waals surface area contributed by atoms with Crippen LogP contribution in [0.25, 0.3) is 0 Å². The molecular formula is C23H23F4N7O3. The number of ether oxygens (including phenoxy) is 1. The summed E-state index contributed by atoms with van der Waals surface area (Å²) in [6.07, 6.45) is 0.291. The molecule has 2 heterocycles. The molecule has 0 bridgehead atoms. The van der Waals surface area contributed by atoms with E-state index in [1.54, 1.807) is 16.9 Å². The Kier molecular flexibility index (Phi) is 7.94. The minimum absolute atomic E-state index is 0.122. The van der Waals surface area contributed by atoms with Crippen LogP contribution in [-0.2, 0) is 24.2 Å². The van der Waals surface area contributed by atoms with Gasteiger partial charge in [-0.2, -0.15) is 5.10 Å². The van der Waals surface area contributed by atoms with Crippen molar-refractivity contribution in [3.63, 3.8) is 0 Å². The number of nitrogens with zero attached hydrogens (tertiary/aromatic N) is 5. The van der Waals surface area contributed by atoms with Crippen molar-refractivity contribution in [1.82, 2.24) is 30.5 Å². The van der Waals surface area contributed by atoms with Gasteiger partial charge < -0.3 is 15.4 Å². The van der Waals surface area contributed by atoms with Crippen LogP contribution in [-0.4, -0.2) is 49.4 Å². The van der Waals surface area contributed by atoms with Crippen molar-refractivity contribution < 1.29 is 31.9 Å². The first-order chi connectivity index (χ1) is 17.6. The van der Waals surface area contributed by atoms with Crippen LogP contribution in [0, 0.1) is 5.82 Å². The number of alkyl halides is 3. The molecule has 0 saturated heterocycles. The standard InChI is InChI=1S/C23H23F4N7O3/c24-18-8-7-17(37-23(25,26)27)11-14(18)12-21(35)29-20-9-6-16(30-32-20)3-1-2-10-34-13-19(31-33-34)22(36)28-15-4-5-15/h6-9,11,13,15H,1-5,10,12H2,(H,28,36)(H,29,32,35). The maximum atomic E-state index is 13.9. The number of anilines is 1. The third kappa shape index (κ3) is 8.22. The molecule has 2 amide bonds. The van der Waals surface area contributed by atoms with Gasteiger partial charge in [0.05, 0.1) is 18.3 Å². The first-order valence-electron chi connectivity index (χ1n) is 11.5. The van der Waals surface area contributed by atoms with E-state index in [0.717, 1.165) is 43.9 Å². The number of unbranched alkanes of at least 4 members (excludes halogenated alkanes) is 1. The highest BCUT2D eigenvalue weighted by atomic mass is 19.4. The van der Waals surface area contributed by atoms with Crippen LogP contribution in [0.5, 0.6) is 5.75 Å². The molecule has 0 radical (unpaired) electrons. The summed E-state index contributed by atoms with van der Waals surface area (Å²) in [5.41, 5.74) is 0.719. The van der Waals surface area contributed by atoms with Crippen LogP contribution in [0.4, 0.5) is 23.4 Å². The first-order valence-corrected chi connectivity index (χ1v) is 11.5. The average Bonchev–Trinajstić information content (AvgIpc) is 3.52. The van der Waals surface area contributed by atoms with Gasteiger partial charge in [-0.05, 0) is 62.4 Å². The van der Waals surface area contributed by atoms with E-state index in [-0.39, 0.29) is 23.3 Å². The predicted molar refractivity (Wildman–Crippen MR) is 121 cm³/mol. The van der Waals surface area contributed by atoms with Crippen molar-refractivity contribution in [2.24, 2.45) is 0 Å². The van der Waals surface area contributed by atoms with E-state index < -0.39 is 30.3 Å². The molecule has 2 N–H and O–H groups in total. The number of hydrogen-bond donors (Lipinski definition) is 2. The molecule has 1 aromatic carbocycles. The summed E-state index contributed by atoms with van der Waals surface area (Å²) in [5, 5.41) is 21.1. The number of carbonyl (C=O) groups is 2. The minimum atomic E-state index is -4.93. The highest BCUT2D eigenvalue weighted by molar-refractivity contribution is 5.92. The zero-order valence-electron chi connectivity index (χ0n) is 19.5. The third-order valence-electron chi connectivity index (χ3n) is 5.34. The topological polar surface area (TPSA) is 124 Å². The molecule has 0 unspecified atom stereocenters. The number of carbonyl (C=O) groups excluding carboxylic acids is 2. The lowest BCUT2D eigenvalue weighted by atomic mass is 10.1. The number of nitrogens with one attached hydrogen (secondary N) is 2. The SMILES string of the molecule is O=C(Cc1cc(OC(F)(F)F)ccc1F)Nc1ccc(CCCCn2cc(C(=O)NC3CC3)nn2)nn1. The fourth-order valence-corrected chi connectivity index (χ4v) is 3.38. The molecule has 14 heteroatoms. The Hall–Kier alpha value is -4.10. The molecule has 0 spiro atoms. The van der Waals surface area contributed by atoms with E-state index in [1.165, 1.54) is 6.07 Å². The van der Waals surface area contributed by atoms with E-state index in [1.807, 2.05) is 0 Å². The zero-order valence-corrected chi connectivity index (χ0v) is 19.5. The Bertz CT molecular complexity index is 1240. The van der Waals surface area contributed by atoms with Crippen molar-refractivity contribution in [3.05, 3.63) is 59.3 Å². The third-order valence-corrected chi connectivity index (χ3v) is 5.34. The Labute approximate surface area is 208 Å². The minimum Gasteiger partial charge on any atom is -0.406 e. The maximum absolute atomic E-state index is 13.9. The molecule has 4 rings (SSSR count). The lowest BCUT2D eigenvalue weighted by Gasteiger charge is -2.11. The predicted octanol–water partition coefficient (Wildman–Crippen LogP) is 3.20. The molecule has 2 aromatic heterocycles. The van der Waals surface area contributed by atoms with Gasteiger partial charge in [-0.25, -0.2) is 4.39 Å². The highest BCUT2D eigenvalue weighted by Gasteiger charge is 2.31. The summed E-state index contributed by atoms with van der Waals surface area (Å²) >= 11 is 0. The lowest BCUT2D eigenvalue weighted by Crippen LogP contribution is -2.25. The van der Waals surface area contributed by atoms with Crippen molar-refractivity contribution in [3.8, 4) is 5.75 Å². The molecular weight excluding hydrogens is 498 g/mol. The van der Waals surface area contributed by atoms with Crippen LogP contribution in [0.2, 0.25) is 0 Å². The molecule has 3 aromatic rings. The Morgan fingerprint density at radius 2 is 1.89 bits per heavy atom. The van der Waals surface area contributed by atoms with Gasteiger partial charge in [0.2, 0.25) is 5.91 Å². The number of amides is 2. The Balaban J connectivity index is 1.20. The van der Waals surface area contributed by atoms with Gasteiger partial charge in [0, 0.05) is 18.2 Å². The maximum Gasteiger partial charge on any atom is 0.573 e. The molecule has 0 aliphatic heterocycles. The first kappa shape index (κ1) is 26.0. The van der Waals surface area contributed by atoms with Crippen molar-refractivity contribution in [2.45, 2.75) is 57.5 Å². The smallest absolute Gasteiger partial charge is 0.406 e. The monoisotopic (exact) mass is 521 g/mol. The van der Waals surface area contributed by atoms with Crippen molar-refractivity contribution in [2.75, 3.05) is 5.32 Å². The van der Waals surface area contributed by atoms with Crippen molar-refractivity contribution >= 4 is 17.6 Å². The summed E-state index contributed by atoms with van der Waals surface area (Å²) in [5.74, 6) is -2.23. The molecule has 1 saturated carbocycles. The quantitative estimate of drug-likeness (QED) is 0.293. The van der Waals surface area contributed by atoms with Gasteiger partial charge >= 0.3 is 6.36 Å². The largest absolute Gasteiger partial charge is 0.573 e. The summed E-state index contributed by atoms with van der Waals surface area (Å²) in [4.78, 5) is 24.2. The summed E-state index contributed by atoms with van der Waals surface area (Å²) in [6, 6.07) is 5.90. The molecule has 1 aliphatic carbocycles. The Morgan fingerprint density at radius 3 is 2.59 bits per heavy atom. The van der Waals surface area contributed by atoms with E-state index in [0.29, 0.717) is 24.4 Å². The highest BCUT2D eigenvalue weighted by Crippen LogP contribution is 2.25. The second kappa shape index (κ2) is 11.3. The van der Waals surface area contributed by atoms with E-state index in [9.17, 15) is 27.2 Å². The fourth-order valence-electron chi connectivity index (χ4n) is 3.38. The van der Waals surface area contributed by atoms with E-state index >= 15 is 0 Å². The Morgan fingerprint density at radius 1 is 1.08 bits per heavy atom. The number of aryl methyl sites for hydroxylation is 2. The molecule has 37 heavy (non-hydrogen) atoms. The van der Waals surface area contributed by atoms with E-state index in [2.05, 4.69) is 35.9 Å². The second-order valence-electron chi connectivity index (χ2n) is 8.51. The number of rotatable bonds is 11. The summed E-state index contributed by atoms with van der Waals surface area (Å²) in [6.45, 7) is 0.580. The molecule has 1 fully saturated rings. The van der Waals surface area contributed by atoms with Crippen LogP contribution in [0.15, 0.2) is 36.5 Å². The fraction of sp³-hybridized carbons (Fsp3) is 0.391.